The number of carbonyl (C=O) groups is 3. The number of carboxylic acids is 3. The molecule has 1 rings (SSSR count). The molecule has 1 unspecified atom stereocenters. The lowest BCUT2D eigenvalue weighted by Gasteiger charge is -2.20. The molecule has 0 aromatic heterocycles. The second kappa shape index (κ2) is 15.4. The monoisotopic (exact) mass is 346 g/mol. The number of aliphatic carboxylic acids is 3. The number of benzene rings is 1. The van der Waals surface area contributed by atoms with Crippen molar-refractivity contribution >= 4 is 17.9 Å². The number of hydrogen-bond acceptors (Lipinski definition) is 6. The van der Waals surface area contributed by atoms with E-state index in [4.69, 9.17) is 41.2 Å². The fourth-order valence-electron chi connectivity index (χ4n) is 1.02. The summed E-state index contributed by atoms with van der Waals surface area (Å²) in [5.41, 5.74) is 10.5. The van der Waals surface area contributed by atoms with Crippen molar-refractivity contribution in [3.63, 3.8) is 0 Å². The molecule has 0 amide bonds. The first-order valence-electron chi connectivity index (χ1n) is 6.68. The van der Waals surface area contributed by atoms with Gasteiger partial charge in [-0.2, -0.15) is 0 Å². The minimum atomic E-state index is -1.28. The van der Waals surface area contributed by atoms with Crippen LogP contribution in [0.25, 0.3) is 0 Å². The first-order valence-corrected chi connectivity index (χ1v) is 6.68. The van der Waals surface area contributed by atoms with Gasteiger partial charge in [-0.15, -0.1) is 0 Å². The van der Waals surface area contributed by atoms with Crippen molar-refractivity contribution in [1.29, 1.82) is 0 Å². The zero-order valence-electron chi connectivity index (χ0n) is 14.0. The maximum absolute atomic E-state index is 9.43. The van der Waals surface area contributed by atoms with Crippen LogP contribution in [-0.2, 0) is 20.8 Å². The van der Waals surface area contributed by atoms with E-state index in [2.05, 4.69) is 0 Å². The van der Waals surface area contributed by atoms with E-state index >= 15 is 0 Å². The Labute approximate surface area is 140 Å². The van der Waals surface area contributed by atoms with E-state index in [-0.39, 0.29) is 6.54 Å². The van der Waals surface area contributed by atoms with Crippen LogP contribution in [0, 0.1) is 0 Å². The van der Waals surface area contributed by atoms with Crippen LogP contribution in [0.4, 0.5) is 0 Å². The largest absolute Gasteiger partial charge is 0.481 e. The Bertz CT molecular complexity index is 435. The quantitative estimate of drug-likeness (QED) is 0.413. The molecule has 8 N–H and O–H groups in total. The standard InChI is InChI=1S/C9H14N2O.3C2H4O2/c10-7-9(11,12)6-8-4-2-1-3-5-8;3*1-2(3)4/h1-5,12H,6-7,10-11H2;3*1H3,(H,3,4). The van der Waals surface area contributed by atoms with Crippen molar-refractivity contribution in [2.75, 3.05) is 6.54 Å². The van der Waals surface area contributed by atoms with Crippen LogP contribution in [0.1, 0.15) is 26.3 Å². The number of carboxylic acid groups (broad SMARTS) is 3. The maximum Gasteiger partial charge on any atom is 0.300 e. The third-order valence-electron chi connectivity index (χ3n) is 1.71. The Morgan fingerprint density at radius 3 is 1.46 bits per heavy atom. The smallest absolute Gasteiger partial charge is 0.300 e. The molecule has 1 atom stereocenters. The van der Waals surface area contributed by atoms with E-state index in [1.54, 1.807) is 0 Å². The molecule has 1 aromatic rings. The van der Waals surface area contributed by atoms with Crippen LogP contribution in [0.2, 0.25) is 0 Å². The van der Waals surface area contributed by atoms with E-state index in [1.807, 2.05) is 30.3 Å². The lowest BCUT2D eigenvalue weighted by atomic mass is 10.0. The molecule has 0 fully saturated rings. The molecule has 24 heavy (non-hydrogen) atoms. The molecular formula is C15H26N2O7. The van der Waals surface area contributed by atoms with Gasteiger partial charge in [-0.1, -0.05) is 30.3 Å². The molecule has 0 spiro atoms. The fourth-order valence-corrected chi connectivity index (χ4v) is 1.02. The van der Waals surface area contributed by atoms with Crippen molar-refractivity contribution in [1.82, 2.24) is 0 Å². The van der Waals surface area contributed by atoms with Crippen molar-refractivity contribution in [3.05, 3.63) is 35.9 Å². The molecule has 1 aromatic carbocycles. The number of rotatable bonds is 3. The molecular weight excluding hydrogens is 320 g/mol. The summed E-state index contributed by atoms with van der Waals surface area (Å²) in [7, 11) is 0. The normalized spacial score (nSPS) is 10.9. The molecule has 0 heterocycles. The highest BCUT2D eigenvalue weighted by Crippen LogP contribution is 2.06. The van der Waals surface area contributed by atoms with Crippen LogP contribution in [0.15, 0.2) is 30.3 Å². The number of hydrogen-bond donors (Lipinski definition) is 6. The van der Waals surface area contributed by atoms with Gasteiger partial charge >= 0.3 is 0 Å². The van der Waals surface area contributed by atoms with E-state index in [0.29, 0.717) is 6.42 Å². The molecule has 0 saturated heterocycles. The fraction of sp³-hybridized carbons (Fsp3) is 0.400. The molecule has 9 heteroatoms. The summed E-state index contributed by atoms with van der Waals surface area (Å²) in [6, 6.07) is 9.55. The van der Waals surface area contributed by atoms with Crippen LogP contribution >= 0.6 is 0 Å². The Kier molecular flexibility index (Phi) is 17.0. The van der Waals surface area contributed by atoms with Crippen molar-refractivity contribution in [2.45, 2.75) is 32.9 Å². The second-order valence-electron chi connectivity index (χ2n) is 4.53. The summed E-state index contributed by atoms with van der Waals surface area (Å²) >= 11 is 0. The Morgan fingerprint density at radius 1 is 0.917 bits per heavy atom. The zero-order valence-corrected chi connectivity index (χ0v) is 14.0. The van der Waals surface area contributed by atoms with Gasteiger partial charge in [-0.25, -0.2) is 0 Å². The lowest BCUT2D eigenvalue weighted by molar-refractivity contribution is -0.135. The van der Waals surface area contributed by atoms with Crippen LogP contribution in [0.3, 0.4) is 0 Å². The number of aliphatic hydroxyl groups is 1. The highest BCUT2D eigenvalue weighted by molar-refractivity contribution is 5.63. The molecule has 0 saturated carbocycles. The summed E-state index contributed by atoms with van der Waals surface area (Å²) in [5.74, 6) is -2.50. The van der Waals surface area contributed by atoms with Crippen molar-refractivity contribution in [3.8, 4) is 0 Å². The van der Waals surface area contributed by atoms with E-state index < -0.39 is 23.6 Å². The highest BCUT2D eigenvalue weighted by Gasteiger charge is 2.18. The summed E-state index contributed by atoms with van der Waals surface area (Å²) in [6.07, 6.45) is 0.393. The average Bonchev–Trinajstić information content (AvgIpc) is 2.37. The lowest BCUT2D eigenvalue weighted by Crippen LogP contribution is -2.48. The van der Waals surface area contributed by atoms with Gasteiger partial charge in [0.15, 0.2) is 0 Å². The predicted octanol–water partition coefficient (Wildman–Crippen LogP) is 0.108. The molecule has 0 bridgehead atoms. The molecule has 0 aliphatic carbocycles. The summed E-state index contributed by atoms with van der Waals surface area (Å²) in [4.78, 5) is 27.0. The Balaban J connectivity index is -0.000000304. The topological polar surface area (TPSA) is 184 Å². The van der Waals surface area contributed by atoms with E-state index in [0.717, 1.165) is 26.3 Å². The third kappa shape index (κ3) is 36.6. The van der Waals surface area contributed by atoms with Crippen LogP contribution in [-0.4, -0.2) is 50.6 Å². The molecule has 138 valence electrons. The van der Waals surface area contributed by atoms with E-state index in [9.17, 15) is 5.11 Å². The van der Waals surface area contributed by atoms with Gasteiger partial charge in [-0.05, 0) is 5.56 Å². The maximum atomic E-state index is 9.43. The molecule has 0 aliphatic rings. The van der Waals surface area contributed by atoms with Crippen molar-refractivity contribution in [2.24, 2.45) is 11.5 Å². The van der Waals surface area contributed by atoms with Crippen molar-refractivity contribution < 1.29 is 34.8 Å². The Hall–Kier alpha value is -2.49. The minimum absolute atomic E-state index is 0.0713. The van der Waals surface area contributed by atoms with Gasteiger partial charge in [-0.3, -0.25) is 14.4 Å². The zero-order chi connectivity index (χ0) is 19.8. The van der Waals surface area contributed by atoms with Gasteiger partial charge in [0.1, 0.15) is 5.72 Å². The summed E-state index contributed by atoms with van der Waals surface area (Å²) < 4.78 is 0. The van der Waals surface area contributed by atoms with Gasteiger partial charge in [0, 0.05) is 33.7 Å². The average molecular weight is 346 g/mol. The van der Waals surface area contributed by atoms with Gasteiger partial charge in [0.25, 0.3) is 17.9 Å². The van der Waals surface area contributed by atoms with Gasteiger partial charge in [0.05, 0.1) is 0 Å². The predicted molar refractivity (Wildman–Crippen MR) is 88.3 cm³/mol. The van der Waals surface area contributed by atoms with Crippen LogP contribution < -0.4 is 11.5 Å². The van der Waals surface area contributed by atoms with Gasteiger partial charge < -0.3 is 31.9 Å². The first-order chi connectivity index (χ1) is 10.8. The summed E-state index contributed by atoms with van der Waals surface area (Å²) in [5, 5.41) is 31.7. The minimum Gasteiger partial charge on any atom is -0.481 e. The molecule has 0 aliphatic heterocycles. The van der Waals surface area contributed by atoms with Crippen LogP contribution in [0.5, 0.6) is 0 Å². The van der Waals surface area contributed by atoms with Gasteiger partial charge in [0.2, 0.25) is 0 Å². The SMILES string of the molecule is CC(=O)O.CC(=O)O.CC(=O)O.NCC(N)(O)Cc1ccccc1. The molecule has 0 radical (unpaired) electrons. The molecule has 9 nitrogen and oxygen atoms in total. The van der Waals surface area contributed by atoms with E-state index in [1.165, 1.54) is 0 Å². The second-order valence-corrected chi connectivity index (χ2v) is 4.53. The third-order valence-corrected chi connectivity index (χ3v) is 1.71. The Morgan fingerprint density at radius 2 is 1.21 bits per heavy atom. The highest BCUT2D eigenvalue weighted by atomic mass is 16.4. The number of nitrogens with two attached hydrogens (primary N) is 2. The first kappa shape index (κ1) is 26.4. The summed E-state index contributed by atoms with van der Waals surface area (Å²) in [6.45, 7) is 3.32.